The molecule has 0 bridgehead atoms. The van der Waals surface area contributed by atoms with Gasteiger partial charge in [0.2, 0.25) is 0 Å². The Morgan fingerprint density at radius 3 is 1.58 bits per heavy atom. The number of para-hydroxylation sites is 4. The van der Waals surface area contributed by atoms with Crippen molar-refractivity contribution in [3.05, 3.63) is 112 Å². The molecule has 7 heteroatoms. The minimum absolute atomic E-state index is 0.106. The van der Waals surface area contributed by atoms with Gasteiger partial charge in [0.25, 0.3) is 11.1 Å². The van der Waals surface area contributed by atoms with Crippen LogP contribution in [0.4, 0.5) is 0 Å². The van der Waals surface area contributed by atoms with Crippen molar-refractivity contribution < 1.29 is 5.11 Å². The SMILES string of the molecule is O=c1c2ccc3c4c(O)cc5c6c(ccc(c7ccc(c2c73)c2nc3ccccc3n12)c46)c(=O)n1c2ccccc2nc51. The highest BCUT2D eigenvalue weighted by atomic mass is 16.3. The summed E-state index contributed by atoms with van der Waals surface area (Å²) >= 11 is 0. The first-order chi connectivity index (χ1) is 21.1. The van der Waals surface area contributed by atoms with Crippen LogP contribution in [0.15, 0.2) is 101 Å². The average molecular weight is 553 g/mol. The molecule has 0 fully saturated rings. The number of nitrogens with zero attached hydrogens (tertiary/aromatic N) is 4. The lowest BCUT2D eigenvalue weighted by atomic mass is 9.85. The summed E-state index contributed by atoms with van der Waals surface area (Å²) in [4.78, 5) is 37.7. The number of fused-ring (bicyclic) bond motifs is 10. The number of pyridine rings is 2. The van der Waals surface area contributed by atoms with Gasteiger partial charge in [-0.1, -0.05) is 42.5 Å². The van der Waals surface area contributed by atoms with Crippen LogP contribution in [-0.4, -0.2) is 23.9 Å². The molecule has 43 heavy (non-hydrogen) atoms. The summed E-state index contributed by atoms with van der Waals surface area (Å²) in [6, 6.07) is 28.8. The summed E-state index contributed by atoms with van der Waals surface area (Å²) < 4.78 is 3.35. The first-order valence-corrected chi connectivity index (χ1v) is 14.1. The Hall–Kier alpha value is -6.08. The van der Waals surface area contributed by atoms with Crippen LogP contribution in [-0.2, 0) is 0 Å². The van der Waals surface area contributed by atoms with E-state index >= 15 is 0 Å². The fourth-order valence-corrected chi connectivity index (χ4v) is 7.76. The Morgan fingerprint density at radius 1 is 0.465 bits per heavy atom. The molecule has 7 nitrogen and oxygen atoms in total. The van der Waals surface area contributed by atoms with Gasteiger partial charge in [-0.3, -0.25) is 18.4 Å². The molecular formula is C36H16N4O3. The normalized spacial score (nSPS) is 12.9. The Kier molecular flexibility index (Phi) is 3.45. The summed E-state index contributed by atoms with van der Waals surface area (Å²) in [5.41, 5.74) is 3.89. The average Bonchev–Trinajstić information content (AvgIpc) is 3.62. The van der Waals surface area contributed by atoms with Gasteiger partial charge in [0.15, 0.2) is 0 Å². The first-order valence-electron chi connectivity index (χ1n) is 14.1. The number of hydrogen-bond acceptors (Lipinski definition) is 5. The van der Waals surface area contributed by atoms with Gasteiger partial charge in [0, 0.05) is 43.1 Å². The number of phenolic OH excluding ortho intramolecular Hbond substituents is 1. The molecule has 4 heterocycles. The molecule has 0 saturated heterocycles. The molecule has 0 aliphatic carbocycles. The fraction of sp³-hybridized carbons (Fsp3) is 0. The summed E-state index contributed by atoms with van der Waals surface area (Å²) in [5, 5.41) is 21.2. The predicted octanol–water partition coefficient (Wildman–Crippen LogP) is 6.95. The second kappa shape index (κ2) is 6.86. The quantitative estimate of drug-likeness (QED) is 0.163. The number of aromatic hydroxyl groups is 1. The third-order valence-electron chi connectivity index (χ3n) is 9.45. The molecule has 0 spiro atoms. The minimum atomic E-state index is -0.139. The molecule has 11 aromatic rings. The summed E-state index contributed by atoms with van der Waals surface area (Å²) in [6.45, 7) is 0. The lowest BCUT2D eigenvalue weighted by Gasteiger charge is -2.19. The molecule has 0 aliphatic heterocycles. The van der Waals surface area contributed by atoms with E-state index in [1.54, 1.807) is 14.9 Å². The van der Waals surface area contributed by atoms with Crippen molar-refractivity contribution in [2.24, 2.45) is 0 Å². The van der Waals surface area contributed by atoms with E-state index in [0.717, 1.165) is 70.5 Å². The number of aromatic nitrogens is 4. The van der Waals surface area contributed by atoms with Crippen molar-refractivity contribution >= 4 is 98.0 Å². The topological polar surface area (TPSA) is 89.0 Å². The van der Waals surface area contributed by atoms with Gasteiger partial charge >= 0.3 is 0 Å². The van der Waals surface area contributed by atoms with E-state index in [9.17, 15) is 14.7 Å². The van der Waals surface area contributed by atoms with Crippen LogP contribution in [0.3, 0.4) is 0 Å². The molecular weight excluding hydrogens is 536 g/mol. The van der Waals surface area contributed by atoms with Crippen molar-refractivity contribution in [2.45, 2.75) is 0 Å². The van der Waals surface area contributed by atoms with E-state index in [0.29, 0.717) is 27.5 Å². The molecule has 11 rings (SSSR count). The summed E-state index contributed by atoms with van der Waals surface area (Å²) in [5.74, 6) is 0.106. The zero-order valence-electron chi connectivity index (χ0n) is 22.2. The molecule has 0 atom stereocenters. The predicted molar refractivity (Wildman–Crippen MR) is 172 cm³/mol. The van der Waals surface area contributed by atoms with Gasteiger partial charge in [-0.25, -0.2) is 9.97 Å². The molecule has 4 aromatic heterocycles. The van der Waals surface area contributed by atoms with Crippen LogP contribution in [0.2, 0.25) is 0 Å². The van der Waals surface area contributed by atoms with Crippen molar-refractivity contribution in [2.75, 3.05) is 0 Å². The minimum Gasteiger partial charge on any atom is -0.507 e. The number of benzene rings is 7. The third-order valence-corrected chi connectivity index (χ3v) is 9.45. The Balaban J connectivity index is 1.43. The number of hydrogen-bond donors (Lipinski definition) is 1. The number of rotatable bonds is 0. The number of imidazole rings is 2. The van der Waals surface area contributed by atoms with E-state index in [2.05, 4.69) is 6.07 Å². The van der Waals surface area contributed by atoms with Crippen LogP contribution in [0.5, 0.6) is 5.75 Å². The molecule has 0 amide bonds. The van der Waals surface area contributed by atoms with Gasteiger partial charge in [-0.2, -0.15) is 0 Å². The van der Waals surface area contributed by atoms with Crippen LogP contribution < -0.4 is 11.1 Å². The largest absolute Gasteiger partial charge is 0.507 e. The van der Waals surface area contributed by atoms with Crippen molar-refractivity contribution in [3.63, 3.8) is 0 Å². The highest BCUT2D eigenvalue weighted by molar-refractivity contribution is 6.41. The second-order valence-corrected chi connectivity index (χ2v) is 11.4. The smallest absolute Gasteiger partial charge is 0.264 e. The third kappa shape index (κ3) is 2.27. The number of phenols is 1. The van der Waals surface area contributed by atoms with E-state index in [-0.39, 0.29) is 16.9 Å². The summed E-state index contributed by atoms with van der Waals surface area (Å²) in [6.07, 6.45) is 0. The van der Waals surface area contributed by atoms with Crippen LogP contribution in [0, 0.1) is 0 Å². The Morgan fingerprint density at radius 2 is 0.930 bits per heavy atom. The molecule has 0 aliphatic rings. The van der Waals surface area contributed by atoms with Gasteiger partial charge < -0.3 is 5.11 Å². The lowest BCUT2D eigenvalue weighted by molar-refractivity contribution is 0.483. The Labute approximate surface area is 239 Å². The van der Waals surface area contributed by atoms with E-state index in [4.69, 9.17) is 9.97 Å². The van der Waals surface area contributed by atoms with E-state index in [1.165, 1.54) is 0 Å². The maximum Gasteiger partial charge on any atom is 0.264 e. The standard InChI is InChI=1S/C36H16N4O3/c41-27-15-22-30-21(36(43)40-26-8-4-2-6-24(26)38-34(22)40)13-10-17-16-9-12-19-29-20(14-11-18(28(16)29)31(27)32(17)30)35(42)39-25-7-3-1-5-23(25)37-33(19)39/h1-15,41H. The fourth-order valence-electron chi connectivity index (χ4n) is 7.76. The highest BCUT2D eigenvalue weighted by Crippen LogP contribution is 2.48. The second-order valence-electron chi connectivity index (χ2n) is 11.4. The summed E-state index contributed by atoms with van der Waals surface area (Å²) in [7, 11) is 0. The monoisotopic (exact) mass is 552 g/mol. The molecule has 0 unspecified atom stereocenters. The first kappa shape index (κ1) is 21.6. The zero-order valence-corrected chi connectivity index (χ0v) is 22.2. The van der Waals surface area contributed by atoms with Crippen LogP contribution in [0.1, 0.15) is 0 Å². The Bertz CT molecular complexity index is 3180. The van der Waals surface area contributed by atoms with Gasteiger partial charge in [-0.05, 0) is 70.1 Å². The van der Waals surface area contributed by atoms with Gasteiger partial charge in [-0.15, -0.1) is 0 Å². The highest BCUT2D eigenvalue weighted by Gasteiger charge is 2.25. The molecule has 0 radical (unpaired) electrons. The van der Waals surface area contributed by atoms with Crippen molar-refractivity contribution in [3.8, 4) is 5.75 Å². The van der Waals surface area contributed by atoms with Crippen LogP contribution >= 0.6 is 0 Å². The maximum absolute atomic E-state index is 14.0. The maximum atomic E-state index is 14.0. The van der Waals surface area contributed by atoms with Gasteiger partial charge in [0.1, 0.15) is 17.0 Å². The van der Waals surface area contributed by atoms with E-state index < -0.39 is 0 Å². The lowest BCUT2D eigenvalue weighted by Crippen LogP contribution is -2.14. The molecule has 0 saturated carbocycles. The van der Waals surface area contributed by atoms with Crippen molar-refractivity contribution in [1.82, 2.24) is 18.8 Å². The molecule has 1 N–H and O–H groups in total. The van der Waals surface area contributed by atoms with Gasteiger partial charge in [0.05, 0.1) is 22.1 Å². The van der Waals surface area contributed by atoms with Crippen molar-refractivity contribution in [1.29, 1.82) is 0 Å². The zero-order chi connectivity index (χ0) is 28.3. The molecule has 7 aromatic carbocycles. The van der Waals surface area contributed by atoms with Crippen LogP contribution in [0.25, 0.3) is 98.0 Å². The van der Waals surface area contributed by atoms with E-state index in [1.807, 2.05) is 78.9 Å². The molecule has 198 valence electrons.